The fraction of sp³-hybridized carbons (Fsp3) is 0.348. The smallest absolute Gasteiger partial charge is 0.229 e. The number of aromatic hydroxyl groups is 1. The van der Waals surface area contributed by atoms with Gasteiger partial charge in [-0.15, -0.1) is 0 Å². The zero-order valence-corrected chi connectivity index (χ0v) is 17.2. The van der Waals surface area contributed by atoms with Crippen molar-refractivity contribution in [2.24, 2.45) is 5.92 Å². The van der Waals surface area contributed by atoms with Gasteiger partial charge in [0.2, 0.25) is 11.8 Å². The van der Waals surface area contributed by atoms with E-state index < -0.39 is 0 Å². The summed E-state index contributed by atoms with van der Waals surface area (Å²) in [5.74, 6) is 0.937. The number of nitrogens with one attached hydrogen (secondary N) is 2. The van der Waals surface area contributed by atoms with E-state index in [4.69, 9.17) is 0 Å². The van der Waals surface area contributed by atoms with Crippen LogP contribution in [0.25, 0.3) is 11.0 Å². The molecule has 1 aliphatic heterocycles. The highest BCUT2D eigenvalue weighted by molar-refractivity contribution is 5.98. The molecule has 0 saturated carbocycles. The summed E-state index contributed by atoms with van der Waals surface area (Å²) in [7, 11) is 0. The van der Waals surface area contributed by atoms with Gasteiger partial charge in [-0.1, -0.05) is 26.0 Å². The number of carbonyl (C=O) groups excluding carboxylic acids is 2. The lowest BCUT2D eigenvalue weighted by Crippen LogP contribution is -2.30. The van der Waals surface area contributed by atoms with Gasteiger partial charge in [-0.25, -0.2) is 4.98 Å². The highest BCUT2D eigenvalue weighted by Crippen LogP contribution is 2.23. The lowest BCUT2D eigenvalue weighted by molar-refractivity contribution is -0.128. The van der Waals surface area contributed by atoms with E-state index in [0.29, 0.717) is 31.1 Å². The number of benzene rings is 2. The zero-order valence-electron chi connectivity index (χ0n) is 17.2. The second-order valence-electron chi connectivity index (χ2n) is 8.16. The van der Waals surface area contributed by atoms with Crippen molar-refractivity contribution in [2.45, 2.75) is 32.6 Å². The Labute approximate surface area is 175 Å². The molecule has 156 valence electrons. The van der Waals surface area contributed by atoms with Crippen molar-refractivity contribution in [1.82, 2.24) is 14.9 Å². The van der Waals surface area contributed by atoms with E-state index in [1.54, 1.807) is 17.0 Å². The predicted molar refractivity (Wildman–Crippen MR) is 115 cm³/mol. The number of aromatic nitrogens is 2. The molecule has 0 spiro atoms. The maximum Gasteiger partial charge on any atom is 0.229 e. The Bertz CT molecular complexity index is 1070. The van der Waals surface area contributed by atoms with E-state index in [1.807, 2.05) is 30.3 Å². The molecule has 30 heavy (non-hydrogen) atoms. The first-order valence-electron chi connectivity index (χ1n) is 10.3. The molecule has 1 aliphatic rings. The molecule has 0 bridgehead atoms. The Kier molecular flexibility index (Phi) is 5.44. The molecule has 1 unspecified atom stereocenters. The summed E-state index contributed by atoms with van der Waals surface area (Å²) in [5.41, 5.74) is 3.49. The minimum Gasteiger partial charge on any atom is -0.508 e. The molecular weight excluding hydrogens is 380 g/mol. The minimum atomic E-state index is -0.360. The second-order valence-corrected chi connectivity index (χ2v) is 8.16. The predicted octanol–water partition coefficient (Wildman–Crippen LogP) is 3.42. The van der Waals surface area contributed by atoms with Crippen molar-refractivity contribution in [2.75, 3.05) is 18.4 Å². The average molecular weight is 406 g/mol. The molecule has 3 N–H and O–H groups in total. The molecule has 7 heteroatoms. The number of rotatable bonds is 6. The molecule has 2 amide bonds. The number of fused-ring (bicyclic) bond motifs is 1. The van der Waals surface area contributed by atoms with E-state index in [1.165, 1.54) is 0 Å². The van der Waals surface area contributed by atoms with Crippen LogP contribution in [0.5, 0.6) is 5.75 Å². The number of phenolic OH excluding ortho intramolecular Hbond substituents is 1. The molecule has 3 aromatic rings. The summed E-state index contributed by atoms with van der Waals surface area (Å²) >= 11 is 0. The number of anilines is 1. The van der Waals surface area contributed by atoms with Crippen molar-refractivity contribution in [3.8, 4) is 5.75 Å². The lowest BCUT2D eigenvalue weighted by Gasteiger charge is -2.16. The van der Waals surface area contributed by atoms with E-state index in [-0.39, 0.29) is 29.9 Å². The number of likely N-dealkylation sites (tertiary alicyclic amines) is 1. The molecule has 2 heterocycles. The van der Waals surface area contributed by atoms with Crippen LogP contribution in [0.3, 0.4) is 0 Å². The Morgan fingerprint density at radius 1 is 1.27 bits per heavy atom. The highest BCUT2D eigenvalue weighted by Gasteiger charge is 2.34. The SMILES string of the molecule is CC(C)c1nc2ccc(NC(=O)C3CC(=O)N(CCc4ccc(O)cc4)C3)cc2[nH]1. The summed E-state index contributed by atoms with van der Waals surface area (Å²) in [5, 5.41) is 12.3. The summed E-state index contributed by atoms with van der Waals surface area (Å²) in [4.78, 5) is 34.6. The van der Waals surface area contributed by atoms with Crippen LogP contribution < -0.4 is 5.32 Å². The van der Waals surface area contributed by atoms with E-state index >= 15 is 0 Å². The standard InChI is InChI=1S/C23H26N4O3/c1-14(2)22-25-19-8-5-17(12-20(19)26-22)24-23(30)16-11-21(29)27(13-16)10-9-15-3-6-18(28)7-4-15/h3-8,12,14,16,28H,9-11,13H2,1-2H3,(H,24,30)(H,25,26). The summed E-state index contributed by atoms with van der Waals surface area (Å²) in [6, 6.07) is 12.6. The van der Waals surface area contributed by atoms with Crippen LogP contribution in [-0.4, -0.2) is 44.9 Å². The minimum absolute atomic E-state index is 0.000441. The molecule has 1 fully saturated rings. The van der Waals surface area contributed by atoms with Gasteiger partial charge in [-0.05, 0) is 42.3 Å². The Balaban J connectivity index is 1.36. The number of hydrogen-bond acceptors (Lipinski definition) is 4. The van der Waals surface area contributed by atoms with Crippen LogP contribution >= 0.6 is 0 Å². The van der Waals surface area contributed by atoms with Crippen molar-refractivity contribution in [1.29, 1.82) is 0 Å². The highest BCUT2D eigenvalue weighted by atomic mass is 16.3. The summed E-state index contributed by atoms with van der Waals surface area (Å²) in [6.07, 6.45) is 0.917. The largest absolute Gasteiger partial charge is 0.508 e. The topological polar surface area (TPSA) is 98.3 Å². The molecule has 0 aliphatic carbocycles. The number of imidazole rings is 1. The monoisotopic (exact) mass is 406 g/mol. The Morgan fingerprint density at radius 3 is 2.77 bits per heavy atom. The number of hydrogen-bond donors (Lipinski definition) is 3. The van der Waals surface area contributed by atoms with E-state index in [0.717, 1.165) is 22.4 Å². The van der Waals surface area contributed by atoms with Gasteiger partial charge in [-0.3, -0.25) is 9.59 Å². The fourth-order valence-corrected chi connectivity index (χ4v) is 3.72. The molecule has 1 atom stereocenters. The van der Waals surface area contributed by atoms with Gasteiger partial charge in [0, 0.05) is 31.1 Å². The summed E-state index contributed by atoms with van der Waals surface area (Å²) < 4.78 is 0. The number of nitrogens with zero attached hydrogens (tertiary/aromatic N) is 2. The molecule has 1 aromatic heterocycles. The molecule has 2 aromatic carbocycles. The lowest BCUT2D eigenvalue weighted by atomic mass is 10.1. The van der Waals surface area contributed by atoms with Crippen molar-refractivity contribution in [3.05, 3.63) is 53.9 Å². The molecule has 0 radical (unpaired) electrons. The van der Waals surface area contributed by atoms with Gasteiger partial charge in [0.25, 0.3) is 0 Å². The third kappa shape index (κ3) is 4.30. The third-order valence-corrected chi connectivity index (χ3v) is 5.51. The number of aromatic amines is 1. The van der Waals surface area contributed by atoms with E-state index in [9.17, 15) is 14.7 Å². The first-order valence-corrected chi connectivity index (χ1v) is 10.3. The average Bonchev–Trinajstić information content (AvgIpc) is 3.31. The normalized spacial score (nSPS) is 16.6. The van der Waals surface area contributed by atoms with Gasteiger partial charge >= 0.3 is 0 Å². The molecule has 1 saturated heterocycles. The van der Waals surface area contributed by atoms with Crippen LogP contribution in [0.4, 0.5) is 5.69 Å². The van der Waals surface area contributed by atoms with Gasteiger partial charge in [-0.2, -0.15) is 0 Å². The quantitative estimate of drug-likeness (QED) is 0.584. The van der Waals surface area contributed by atoms with Gasteiger partial charge in [0.15, 0.2) is 0 Å². The van der Waals surface area contributed by atoms with Crippen LogP contribution in [0.2, 0.25) is 0 Å². The number of amides is 2. The van der Waals surface area contributed by atoms with Gasteiger partial charge in [0.1, 0.15) is 11.6 Å². The van der Waals surface area contributed by atoms with Crippen LogP contribution in [0.15, 0.2) is 42.5 Å². The second kappa shape index (κ2) is 8.18. The third-order valence-electron chi connectivity index (χ3n) is 5.51. The number of H-pyrrole nitrogens is 1. The Morgan fingerprint density at radius 2 is 2.03 bits per heavy atom. The zero-order chi connectivity index (χ0) is 21.3. The summed E-state index contributed by atoms with van der Waals surface area (Å²) in [6.45, 7) is 5.13. The van der Waals surface area contributed by atoms with Crippen LogP contribution in [0, 0.1) is 5.92 Å². The number of carbonyl (C=O) groups is 2. The van der Waals surface area contributed by atoms with Crippen molar-refractivity contribution < 1.29 is 14.7 Å². The molecule has 4 rings (SSSR count). The van der Waals surface area contributed by atoms with Crippen molar-refractivity contribution in [3.63, 3.8) is 0 Å². The molecule has 7 nitrogen and oxygen atoms in total. The van der Waals surface area contributed by atoms with Gasteiger partial charge < -0.3 is 20.3 Å². The first kappa shape index (κ1) is 19.9. The van der Waals surface area contributed by atoms with Gasteiger partial charge in [0.05, 0.1) is 17.0 Å². The van der Waals surface area contributed by atoms with Crippen molar-refractivity contribution >= 4 is 28.5 Å². The fourth-order valence-electron chi connectivity index (χ4n) is 3.72. The Hall–Kier alpha value is -3.35. The van der Waals surface area contributed by atoms with Crippen LogP contribution in [0.1, 0.15) is 37.6 Å². The first-order chi connectivity index (χ1) is 14.4. The molecular formula is C23H26N4O3. The maximum absolute atomic E-state index is 12.7. The van der Waals surface area contributed by atoms with Crippen LogP contribution in [-0.2, 0) is 16.0 Å². The maximum atomic E-state index is 12.7. The van der Waals surface area contributed by atoms with E-state index in [2.05, 4.69) is 29.1 Å². The number of phenols is 1.